The highest BCUT2D eigenvalue weighted by Crippen LogP contribution is 2.15. The number of hydrogen-bond donors (Lipinski definition) is 2. The fourth-order valence-corrected chi connectivity index (χ4v) is 2.01. The number of rotatable bonds is 7. The first-order valence-corrected chi connectivity index (χ1v) is 7.30. The van der Waals surface area contributed by atoms with Crippen LogP contribution in [0.2, 0.25) is 0 Å². The molecule has 1 unspecified atom stereocenters. The second-order valence-corrected chi connectivity index (χ2v) is 4.79. The van der Waals surface area contributed by atoms with Crippen LogP contribution < -0.4 is 10.1 Å². The molecule has 1 heterocycles. The van der Waals surface area contributed by atoms with E-state index in [9.17, 15) is 9.90 Å². The van der Waals surface area contributed by atoms with Gasteiger partial charge in [-0.05, 0) is 25.0 Å². The number of nitrogens with zero attached hydrogens (tertiary/aromatic N) is 1. The van der Waals surface area contributed by atoms with Gasteiger partial charge in [0.25, 0.3) is 5.91 Å². The van der Waals surface area contributed by atoms with Crippen molar-refractivity contribution < 1.29 is 14.6 Å². The number of benzene rings is 1. The van der Waals surface area contributed by atoms with Gasteiger partial charge in [0.1, 0.15) is 0 Å². The molecule has 116 valence electrons. The number of aliphatic hydroxyl groups excluding tert-OH is 1. The molecule has 1 aromatic heterocycles. The molecule has 0 spiro atoms. The molecule has 1 atom stereocenters. The summed E-state index contributed by atoms with van der Waals surface area (Å²) in [7, 11) is 0. The summed E-state index contributed by atoms with van der Waals surface area (Å²) in [6.45, 7) is 2.80. The molecule has 0 saturated carbocycles. The minimum absolute atomic E-state index is 0.212. The second kappa shape index (κ2) is 8.14. The van der Waals surface area contributed by atoms with Crippen LogP contribution in [0, 0.1) is 0 Å². The van der Waals surface area contributed by atoms with Gasteiger partial charge in [0, 0.05) is 18.8 Å². The maximum Gasteiger partial charge on any atom is 0.252 e. The van der Waals surface area contributed by atoms with Crippen LogP contribution in [-0.2, 0) is 0 Å². The minimum atomic E-state index is -0.583. The fraction of sp³-hybridized carbons (Fsp3) is 0.294. The molecular weight excluding hydrogens is 280 g/mol. The zero-order chi connectivity index (χ0) is 15.8. The van der Waals surface area contributed by atoms with Crippen molar-refractivity contribution in [3.05, 3.63) is 59.8 Å². The second-order valence-electron chi connectivity index (χ2n) is 4.79. The maximum absolute atomic E-state index is 12.0. The van der Waals surface area contributed by atoms with Crippen molar-refractivity contribution in [1.82, 2.24) is 10.3 Å². The monoisotopic (exact) mass is 300 g/mol. The van der Waals surface area contributed by atoms with E-state index < -0.39 is 6.10 Å². The van der Waals surface area contributed by atoms with Crippen molar-refractivity contribution in [2.24, 2.45) is 0 Å². The normalized spacial score (nSPS) is 11.7. The zero-order valence-electron chi connectivity index (χ0n) is 12.5. The highest BCUT2D eigenvalue weighted by Gasteiger charge is 2.09. The number of ether oxygens (including phenoxy) is 1. The number of carbonyl (C=O) groups excluding carboxylic acids is 1. The topological polar surface area (TPSA) is 71.5 Å². The van der Waals surface area contributed by atoms with Crippen molar-refractivity contribution in [3.63, 3.8) is 0 Å². The van der Waals surface area contributed by atoms with Gasteiger partial charge >= 0.3 is 0 Å². The summed E-state index contributed by atoms with van der Waals surface area (Å²) in [5.41, 5.74) is 1.32. The van der Waals surface area contributed by atoms with Gasteiger partial charge in [0.05, 0.1) is 18.3 Å². The Morgan fingerprint density at radius 2 is 2.05 bits per heavy atom. The number of carbonyl (C=O) groups is 1. The number of pyridine rings is 1. The van der Waals surface area contributed by atoms with Crippen LogP contribution in [0.4, 0.5) is 0 Å². The average Bonchev–Trinajstić information content (AvgIpc) is 2.56. The van der Waals surface area contributed by atoms with E-state index in [2.05, 4.69) is 10.3 Å². The molecule has 0 radical (unpaired) electrons. The summed E-state index contributed by atoms with van der Waals surface area (Å²) in [5, 5.41) is 12.8. The van der Waals surface area contributed by atoms with Gasteiger partial charge in [-0.15, -0.1) is 0 Å². The van der Waals surface area contributed by atoms with Crippen molar-refractivity contribution in [2.45, 2.75) is 19.4 Å². The first kappa shape index (κ1) is 16.0. The van der Waals surface area contributed by atoms with E-state index in [0.717, 1.165) is 5.56 Å². The lowest BCUT2D eigenvalue weighted by atomic mass is 10.1. The Bertz CT molecular complexity index is 585. The van der Waals surface area contributed by atoms with Crippen LogP contribution in [0.3, 0.4) is 0 Å². The third-order valence-corrected chi connectivity index (χ3v) is 3.18. The van der Waals surface area contributed by atoms with Crippen molar-refractivity contribution in [1.29, 1.82) is 0 Å². The van der Waals surface area contributed by atoms with E-state index in [4.69, 9.17) is 4.74 Å². The summed E-state index contributed by atoms with van der Waals surface area (Å²) in [5.74, 6) is 0.286. The number of nitrogens with one attached hydrogen (secondary N) is 1. The van der Waals surface area contributed by atoms with E-state index in [1.807, 2.05) is 37.3 Å². The predicted octanol–water partition coefficient (Wildman–Crippen LogP) is 2.33. The number of aromatic nitrogens is 1. The Morgan fingerprint density at radius 3 is 2.68 bits per heavy atom. The van der Waals surface area contributed by atoms with Crippen LogP contribution in [-0.4, -0.2) is 29.1 Å². The third kappa shape index (κ3) is 4.56. The molecule has 0 bridgehead atoms. The smallest absolute Gasteiger partial charge is 0.252 e. The Balaban J connectivity index is 1.80. The number of amides is 1. The van der Waals surface area contributed by atoms with Crippen molar-refractivity contribution in [3.8, 4) is 5.88 Å². The molecule has 1 amide bonds. The standard InChI is InChI=1S/C17H20N2O3/c1-2-22-16-9-8-14(12-19-16)17(21)18-11-10-15(20)13-6-4-3-5-7-13/h3-9,12,15,20H,2,10-11H2,1H3,(H,18,21). The van der Waals surface area contributed by atoms with E-state index in [1.165, 1.54) is 6.20 Å². The van der Waals surface area contributed by atoms with Gasteiger partial charge < -0.3 is 15.2 Å². The van der Waals surface area contributed by atoms with Crippen LogP contribution in [0.5, 0.6) is 5.88 Å². The van der Waals surface area contributed by atoms with Gasteiger partial charge in [0.2, 0.25) is 5.88 Å². The molecule has 0 fully saturated rings. The summed E-state index contributed by atoms with van der Waals surface area (Å²) < 4.78 is 5.23. The molecule has 2 N–H and O–H groups in total. The summed E-state index contributed by atoms with van der Waals surface area (Å²) in [6.07, 6.45) is 1.36. The van der Waals surface area contributed by atoms with Crippen LogP contribution in [0.1, 0.15) is 35.4 Å². The largest absolute Gasteiger partial charge is 0.478 e. The Kier molecular flexibility index (Phi) is 5.91. The highest BCUT2D eigenvalue weighted by molar-refractivity contribution is 5.93. The summed E-state index contributed by atoms with van der Waals surface area (Å²) in [6, 6.07) is 12.7. The van der Waals surface area contributed by atoms with E-state index >= 15 is 0 Å². The quantitative estimate of drug-likeness (QED) is 0.823. The molecule has 5 nitrogen and oxygen atoms in total. The molecular formula is C17H20N2O3. The first-order chi connectivity index (χ1) is 10.7. The highest BCUT2D eigenvalue weighted by atomic mass is 16.5. The lowest BCUT2D eigenvalue weighted by Gasteiger charge is -2.11. The van der Waals surface area contributed by atoms with Crippen molar-refractivity contribution >= 4 is 5.91 Å². The maximum atomic E-state index is 12.0. The lowest BCUT2D eigenvalue weighted by molar-refractivity contribution is 0.0942. The van der Waals surface area contributed by atoms with Gasteiger partial charge in [-0.2, -0.15) is 0 Å². The van der Waals surface area contributed by atoms with Crippen LogP contribution >= 0.6 is 0 Å². The molecule has 22 heavy (non-hydrogen) atoms. The molecule has 0 aliphatic carbocycles. The molecule has 0 aliphatic heterocycles. The van der Waals surface area contributed by atoms with Gasteiger partial charge in [-0.25, -0.2) is 4.98 Å². The average molecular weight is 300 g/mol. The third-order valence-electron chi connectivity index (χ3n) is 3.18. The van der Waals surface area contributed by atoms with E-state index in [0.29, 0.717) is 31.0 Å². The van der Waals surface area contributed by atoms with Gasteiger partial charge in [0.15, 0.2) is 0 Å². The zero-order valence-corrected chi connectivity index (χ0v) is 12.5. The first-order valence-electron chi connectivity index (χ1n) is 7.30. The Morgan fingerprint density at radius 1 is 1.27 bits per heavy atom. The SMILES string of the molecule is CCOc1ccc(C(=O)NCCC(O)c2ccccc2)cn1. The Hall–Kier alpha value is -2.40. The number of aliphatic hydroxyl groups is 1. The van der Waals surface area contributed by atoms with Crippen LogP contribution in [0.15, 0.2) is 48.7 Å². The van der Waals surface area contributed by atoms with Crippen molar-refractivity contribution in [2.75, 3.05) is 13.2 Å². The lowest BCUT2D eigenvalue weighted by Crippen LogP contribution is -2.25. The van der Waals surface area contributed by atoms with Gasteiger partial charge in [-0.1, -0.05) is 30.3 Å². The predicted molar refractivity (Wildman–Crippen MR) is 83.8 cm³/mol. The molecule has 1 aromatic carbocycles. The number of hydrogen-bond acceptors (Lipinski definition) is 4. The summed E-state index contributed by atoms with van der Waals surface area (Å²) >= 11 is 0. The minimum Gasteiger partial charge on any atom is -0.478 e. The molecule has 2 aromatic rings. The molecule has 0 saturated heterocycles. The molecule has 5 heteroatoms. The fourth-order valence-electron chi connectivity index (χ4n) is 2.01. The van der Waals surface area contributed by atoms with Gasteiger partial charge in [-0.3, -0.25) is 4.79 Å². The van der Waals surface area contributed by atoms with E-state index in [1.54, 1.807) is 12.1 Å². The van der Waals surface area contributed by atoms with E-state index in [-0.39, 0.29) is 5.91 Å². The molecule has 2 rings (SSSR count). The summed E-state index contributed by atoms with van der Waals surface area (Å²) in [4.78, 5) is 16.0. The Labute approximate surface area is 130 Å². The molecule has 0 aliphatic rings. The van der Waals surface area contributed by atoms with Crippen LogP contribution in [0.25, 0.3) is 0 Å².